The minimum Gasteiger partial charge on any atom is -0.490 e. The van der Waals surface area contributed by atoms with Gasteiger partial charge in [0.2, 0.25) is 0 Å². The Morgan fingerprint density at radius 1 is 1.27 bits per heavy atom. The Labute approximate surface area is 134 Å². The molecule has 2 aromatic carbocycles. The van der Waals surface area contributed by atoms with Crippen LogP contribution in [0.2, 0.25) is 5.02 Å². The average Bonchev–Trinajstić information content (AvgIpc) is 2.47. The molecule has 0 aliphatic heterocycles. The maximum absolute atomic E-state index is 12.4. The monoisotopic (exact) mass is 314 g/mol. The summed E-state index contributed by atoms with van der Waals surface area (Å²) in [5.41, 5.74) is 1.33. The van der Waals surface area contributed by atoms with Crippen molar-refractivity contribution in [3.63, 3.8) is 0 Å². The second-order valence-corrected chi connectivity index (χ2v) is 5.33. The smallest absolute Gasteiger partial charge is 0.259 e. The summed E-state index contributed by atoms with van der Waals surface area (Å²) in [4.78, 5) is 12.4. The summed E-state index contributed by atoms with van der Waals surface area (Å²) in [5.74, 6) is 0.228. The fourth-order valence-corrected chi connectivity index (χ4v) is 2.12. The predicted molar refractivity (Wildman–Crippen MR) is 86.3 cm³/mol. The van der Waals surface area contributed by atoms with E-state index in [0.29, 0.717) is 27.6 Å². The number of para-hydroxylation sites is 1. The Balaban J connectivity index is 2.23. The van der Waals surface area contributed by atoms with Crippen molar-refractivity contribution in [2.24, 2.45) is 0 Å². The van der Waals surface area contributed by atoms with E-state index in [1.807, 2.05) is 26.0 Å². The van der Waals surface area contributed by atoms with Crippen molar-refractivity contribution in [2.75, 3.05) is 5.32 Å². The van der Waals surface area contributed by atoms with Crippen molar-refractivity contribution in [3.8, 4) is 11.8 Å². The number of amides is 1. The van der Waals surface area contributed by atoms with E-state index in [2.05, 4.69) is 5.32 Å². The van der Waals surface area contributed by atoms with Crippen LogP contribution in [-0.2, 0) is 0 Å². The van der Waals surface area contributed by atoms with Crippen molar-refractivity contribution in [1.82, 2.24) is 0 Å². The third-order valence-corrected chi connectivity index (χ3v) is 3.15. The van der Waals surface area contributed by atoms with Gasteiger partial charge in [-0.05, 0) is 44.2 Å². The van der Waals surface area contributed by atoms with E-state index in [1.165, 1.54) is 0 Å². The Morgan fingerprint density at radius 2 is 2.00 bits per heavy atom. The lowest BCUT2D eigenvalue weighted by Gasteiger charge is -2.14. The number of anilines is 1. The molecule has 112 valence electrons. The van der Waals surface area contributed by atoms with Crippen LogP contribution in [0.4, 0.5) is 5.69 Å². The van der Waals surface area contributed by atoms with Crippen molar-refractivity contribution in [2.45, 2.75) is 20.0 Å². The van der Waals surface area contributed by atoms with Crippen molar-refractivity contribution >= 4 is 23.2 Å². The summed E-state index contributed by atoms with van der Waals surface area (Å²) >= 11 is 5.96. The Kier molecular flexibility index (Phi) is 5.03. The zero-order valence-electron chi connectivity index (χ0n) is 12.3. The van der Waals surface area contributed by atoms with Crippen LogP contribution >= 0.6 is 11.6 Å². The molecule has 0 aromatic heterocycles. The molecular weight excluding hydrogens is 300 g/mol. The summed E-state index contributed by atoms with van der Waals surface area (Å²) in [6.07, 6.45) is -0.0293. The van der Waals surface area contributed by atoms with Crippen LogP contribution in [0.3, 0.4) is 0 Å². The lowest BCUT2D eigenvalue weighted by Crippen LogP contribution is -2.15. The minimum atomic E-state index is -0.294. The molecule has 2 rings (SSSR count). The molecule has 1 amide bonds. The molecule has 0 spiro atoms. The Bertz CT molecular complexity index is 736. The molecule has 0 fully saturated rings. The van der Waals surface area contributed by atoms with E-state index in [1.54, 1.807) is 36.4 Å². The molecule has 22 heavy (non-hydrogen) atoms. The van der Waals surface area contributed by atoms with Gasteiger partial charge in [-0.3, -0.25) is 4.79 Å². The van der Waals surface area contributed by atoms with Crippen LogP contribution in [0.5, 0.6) is 5.75 Å². The molecule has 0 heterocycles. The van der Waals surface area contributed by atoms with Crippen LogP contribution in [-0.4, -0.2) is 12.0 Å². The highest BCUT2D eigenvalue weighted by atomic mass is 35.5. The van der Waals surface area contributed by atoms with Gasteiger partial charge in [0.1, 0.15) is 11.8 Å². The number of ether oxygens (including phenoxy) is 1. The number of benzene rings is 2. The molecule has 0 saturated heterocycles. The van der Waals surface area contributed by atoms with E-state index >= 15 is 0 Å². The number of hydrogen-bond acceptors (Lipinski definition) is 3. The number of carbonyl (C=O) groups excluding carboxylic acids is 1. The fraction of sp³-hybridized carbons (Fsp3) is 0.176. The van der Waals surface area contributed by atoms with Crippen molar-refractivity contribution < 1.29 is 9.53 Å². The molecule has 0 aliphatic carbocycles. The summed E-state index contributed by atoms with van der Waals surface area (Å²) in [7, 11) is 0. The van der Waals surface area contributed by atoms with Gasteiger partial charge in [0, 0.05) is 5.69 Å². The van der Waals surface area contributed by atoms with Gasteiger partial charge in [0.25, 0.3) is 5.91 Å². The first kappa shape index (κ1) is 15.9. The lowest BCUT2D eigenvalue weighted by molar-refractivity contribution is 0.102. The van der Waals surface area contributed by atoms with Gasteiger partial charge in [-0.1, -0.05) is 23.7 Å². The lowest BCUT2D eigenvalue weighted by atomic mass is 10.1. The average molecular weight is 315 g/mol. The summed E-state index contributed by atoms with van der Waals surface area (Å²) in [6.45, 7) is 3.80. The van der Waals surface area contributed by atoms with E-state index < -0.39 is 0 Å². The number of rotatable bonds is 4. The zero-order valence-corrected chi connectivity index (χ0v) is 13.0. The molecule has 0 unspecified atom stereocenters. The maximum Gasteiger partial charge on any atom is 0.259 e. The Morgan fingerprint density at radius 3 is 2.64 bits per heavy atom. The third kappa shape index (κ3) is 3.78. The zero-order chi connectivity index (χ0) is 16.1. The molecule has 4 nitrogen and oxygen atoms in total. The standard InChI is InChI=1S/C17H15ClN2O2/c1-11(2)22-16-6-4-3-5-14(16)17(21)20-13-8-7-12(10-19)15(18)9-13/h3-9,11H,1-2H3,(H,20,21). The third-order valence-electron chi connectivity index (χ3n) is 2.84. The van der Waals surface area contributed by atoms with E-state index in [0.717, 1.165) is 0 Å². The summed E-state index contributed by atoms with van der Waals surface area (Å²) in [5, 5.41) is 11.9. The van der Waals surface area contributed by atoms with Crippen LogP contribution in [0.1, 0.15) is 29.8 Å². The van der Waals surface area contributed by atoms with Crippen molar-refractivity contribution in [1.29, 1.82) is 5.26 Å². The molecule has 0 bridgehead atoms. The quantitative estimate of drug-likeness (QED) is 0.917. The van der Waals surface area contributed by atoms with Gasteiger partial charge in [-0.2, -0.15) is 5.26 Å². The number of carbonyl (C=O) groups is 1. The van der Waals surface area contributed by atoms with E-state index in [-0.39, 0.29) is 12.0 Å². The van der Waals surface area contributed by atoms with Gasteiger partial charge >= 0.3 is 0 Å². The van der Waals surface area contributed by atoms with Gasteiger partial charge in [-0.25, -0.2) is 0 Å². The second kappa shape index (κ2) is 6.97. The highest BCUT2D eigenvalue weighted by Crippen LogP contribution is 2.23. The molecule has 0 atom stereocenters. The molecule has 0 radical (unpaired) electrons. The highest BCUT2D eigenvalue weighted by Gasteiger charge is 2.13. The van der Waals surface area contributed by atoms with Gasteiger partial charge < -0.3 is 10.1 Å². The topological polar surface area (TPSA) is 62.1 Å². The molecule has 1 N–H and O–H groups in total. The number of hydrogen-bond donors (Lipinski definition) is 1. The number of nitrogens with zero attached hydrogens (tertiary/aromatic N) is 1. The number of nitriles is 1. The van der Waals surface area contributed by atoms with Crippen LogP contribution in [0.15, 0.2) is 42.5 Å². The highest BCUT2D eigenvalue weighted by molar-refractivity contribution is 6.32. The van der Waals surface area contributed by atoms with Crippen LogP contribution in [0.25, 0.3) is 0 Å². The largest absolute Gasteiger partial charge is 0.490 e. The first-order valence-corrected chi connectivity index (χ1v) is 7.15. The summed E-state index contributed by atoms with van der Waals surface area (Å²) in [6, 6.07) is 13.7. The molecule has 0 aliphatic rings. The van der Waals surface area contributed by atoms with Gasteiger partial charge in [-0.15, -0.1) is 0 Å². The van der Waals surface area contributed by atoms with Gasteiger partial charge in [0.05, 0.1) is 22.3 Å². The maximum atomic E-state index is 12.4. The van der Waals surface area contributed by atoms with E-state index in [9.17, 15) is 4.79 Å². The normalized spacial score (nSPS) is 10.1. The molecule has 0 saturated carbocycles. The van der Waals surface area contributed by atoms with Crippen molar-refractivity contribution in [3.05, 3.63) is 58.6 Å². The van der Waals surface area contributed by atoms with E-state index in [4.69, 9.17) is 21.6 Å². The van der Waals surface area contributed by atoms with Crippen LogP contribution in [0, 0.1) is 11.3 Å². The number of halogens is 1. The molecular formula is C17H15ClN2O2. The first-order valence-electron chi connectivity index (χ1n) is 6.78. The number of nitrogens with one attached hydrogen (secondary N) is 1. The Hall–Kier alpha value is -2.51. The van der Waals surface area contributed by atoms with Crippen LogP contribution < -0.4 is 10.1 Å². The SMILES string of the molecule is CC(C)Oc1ccccc1C(=O)Nc1ccc(C#N)c(Cl)c1. The molecule has 2 aromatic rings. The minimum absolute atomic E-state index is 0.0293. The fourth-order valence-electron chi connectivity index (χ4n) is 1.89. The van der Waals surface area contributed by atoms with Gasteiger partial charge in [0.15, 0.2) is 0 Å². The first-order chi connectivity index (χ1) is 10.5. The second-order valence-electron chi connectivity index (χ2n) is 4.92. The predicted octanol–water partition coefficient (Wildman–Crippen LogP) is 4.25. The summed E-state index contributed by atoms with van der Waals surface area (Å²) < 4.78 is 5.63. The molecule has 5 heteroatoms.